The molecule has 0 bridgehead atoms. The van der Waals surface area contributed by atoms with Crippen LogP contribution in [0.2, 0.25) is 0 Å². The standard InChI is InChI=1S/C15H23NO3S/c1-12(2)13-7-8-14(19-3)15(11-13)20(17,18)16-9-5-4-6-10-16/h7-8,11-12H,4-6,9-10H2,1-3H3. The summed E-state index contributed by atoms with van der Waals surface area (Å²) in [6.45, 7) is 5.33. The van der Waals surface area contributed by atoms with E-state index in [2.05, 4.69) is 13.8 Å². The van der Waals surface area contributed by atoms with Crippen molar-refractivity contribution in [3.8, 4) is 5.75 Å². The second-order valence-corrected chi connectivity index (χ2v) is 7.44. The second-order valence-electron chi connectivity index (χ2n) is 5.53. The monoisotopic (exact) mass is 297 g/mol. The maximum atomic E-state index is 12.8. The zero-order valence-corrected chi connectivity index (χ0v) is 13.2. The van der Waals surface area contributed by atoms with Crippen molar-refractivity contribution in [2.24, 2.45) is 0 Å². The molecule has 0 N–H and O–H groups in total. The fourth-order valence-electron chi connectivity index (χ4n) is 2.50. The van der Waals surface area contributed by atoms with Crippen LogP contribution in [-0.4, -0.2) is 32.9 Å². The van der Waals surface area contributed by atoms with Gasteiger partial charge in [0.05, 0.1) is 7.11 Å². The van der Waals surface area contributed by atoms with Crippen molar-refractivity contribution in [2.75, 3.05) is 20.2 Å². The normalized spacial score (nSPS) is 17.4. The average Bonchev–Trinajstić information content (AvgIpc) is 2.47. The summed E-state index contributed by atoms with van der Waals surface area (Å²) in [5, 5.41) is 0. The first-order chi connectivity index (χ1) is 9.46. The van der Waals surface area contributed by atoms with Gasteiger partial charge < -0.3 is 4.74 Å². The Morgan fingerprint density at radius 3 is 2.35 bits per heavy atom. The zero-order chi connectivity index (χ0) is 14.8. The minimum atomic E-state index is -3.45. The number of benzene rings is 1. The molecule has 0 saturated carbocycles. The summed E-state index contributed by atoms with van der Waals surface area (Å²) in [6.07, 6.45) is 2.98. The zero-order valence-electron chi connectivity index (χ0n) is 12.4. The molecule has 0 aliphatic carbocycles. The van der Waals surface area contributed by atoms with Gasteiger partial charge in [-0.1, -0.05) is 26.3 Å². The van der Waals surface area contributed by atoms with Crippen molar-refractivity contribution in [3.63, 3.8) is 0 Å². The van der Waals surface area contributed by atoms with Crippen molar-refractivity contribution in [1.29, 1.82) is 0 Å². The van der Waals surface area contributed by atoms with Gasteiger partial charge in [0.15, 0.2) is 0 Å². The van der Waals surface area contributed by atoms with Crippen LogP contribution in [0.3, 0.4) is 0 Å². The molecule has 0 unspecified atom stereocenters. The highest BCUT2D eigenvalue weighted by Crippen LogP contribution is 2.31. The number of methoxy groups -OCH3 is 1. The maximum Gasteiger partial charge on any atom is 0.246 e. The van der Waals surface area contributed by atoms with Crippen LogP contribution in [0.1, 0.15) is 44.6 Å². The Morgan fingerprint density at radius 2 is 1.80 bits per heavy atom. The third kappa shape index (κ3) is 2.99. The van der Waals surface area contributed by atoms with E-state index in [0.29, 0.717) is 23.7 Å². The second kappa shape index (κ2) is 6.14. The molecule has 1 aromatic carbocycles. The molecule has 112 valence electrons. The molecular formula is C15H23NO3S. The van der Waals surface area contributed by atoms with E-state index in [1.807, 2.05) is 6.07 Å². The molecule has 20 heavy (non-hydrogen) atoms. The predicted molar refractivity (Wildman–Crippen MR) is 79.7 cm³/mol. The Bertz CT molecular complexity index is 560. The van der Waals surface area contributed by atoms with Crippen LogP contribution >= 0.6 is 0 Å². The Morgan fingerprint density at radius 1 is 1.15 bits per heavy atom. The largest absolute Gasteiger partial charge is 0.495 e. The molecule has 0 spiro atoms. The van der Waals surface area contributed by atoms with Crippen LogP contribution in [0.5, 0.6) is 5.75 Å². The summed E-state index contributed by atoms with van der Waals surface area (Å²) in [5.74, 6) is 0.719. The maximum absolute atomic E-state index is 12.8. The number of rotatable bonds is 4. The number of nitrogens with zero attached hydrogens (tertiary/aromatic N) is 1. The molecule has 5 heteroatoms. The lowest BCUT2D eigenvalue weighted by Gasteiger charge is -2.27. The third-order valence-electron chi connectivity index (χ3n) is 3.79. The van der Waals surface area contributed by atoms with Gasteiger partial charge in [-0.25, -0.2) is 8.42 Å². The number of sulfonamides is 1. The number of hydrogen-bond acceptors (Lipinski definition) is 3. The van der Waals surface area contributed by atoms with Gasteiger partial charge in [-0.3, -0.25) is 0 Å². The lowest BCUT2D eigenvalue weighted by molar-refractivity contribution is 0.342. The molecule has 2 rings (SSSR count). The van der Waals surface area contributed by atoms with Crippen molar-refractivity contribution in [3.05, 3.63) is 23.8 Å². The quantitative estimate of drug-likeness (QED) is 0.858. The van der Waals surface area contributed by atoms with E-state index in [4.69, 9.17) is 4.74 Å². The van der Waals surface area contributed by atoms with Crippen molar-refractivity contribution in [2.45, 2.75) is 43.9 Å². The molecule has 1 fully saturated rings. The SMILES string of the molecule is COc1ccc(C(C)C)cc1S(=O)(=O)N1CCCCC1. The Labute approximate surface area is 121 Å². The van der Waals surface area contributed by atoms with Crippen molar-refractivity contribution in [1.82, 2.24) is 4.31 Å². The Balaban J connectivity index is 2.45. The van der Waals surface area contributed by atoms with Gasteiger partial charge in [0, 0.05) is 13.1 Å². The molecule has 1 aliphatic heterocycles. The van der Waals surface area contributed by atoms with Crippen LogP contribution in [0, 0.1) is 0 Å². The van der Waals surface area contributed by atoms with Gasteiger partial charge in [-0.05, 0) is 36.5 Å². The third-order valence-corrected chi connectivity index (χ3v) is 5.71. The average molecular weight is 297 g/mol. The first-order valence-electron chi connectivity index (χ1n) is 7.15. The van der Waals surface area contributed by atoms with Gasteiger partial charge in [-0.15, -0.1) is 0 Å². The van der Waals surface area contributed by atoms with E-state index in [1.165, 1.54) is 7.11 Å². The van der Waals surface area contributed by atoms with Crippen LogP contribution < -0.4 is 4.74 Å². The summed E-state index contributed by atoms with van der Waals surface area (Å²) in [7, 11) is -1.94. The first-order valence-corrected chi connectivity index (χ1v) is 8.59. The Hall–Kier alpha value is -1.07. The van der Waals surface area contributed by atoms with E-state index in [9.17, 15) is 8.42 Å². The summed E-state index contributed by atoms with van der Waals surface area (Å²) < 4.78 is 32.4. The number of ether oxygens (including phenoxy) is 1. The lowest BCUT2D eigenvalue weighted by atomic mass is 10.0. The van der Waals surface area contributed by atoms with Crippen LogP contribution in [-0.2, 0) is 10.0 Å². The highest BCUT2D eigenvalue weighted by molar-refractivity contribution is 7.89. The summed E-state index contributed by atoms with van der Waals surface area (Å²) in [4.78, 5) is 0.299. The minimum absolute atomic E-state index is 0.288. The van der Waals surface area contributed by atoms with Gasteiger partial charge in [0.1, 0.15) is 10.6 Å². The molecule has 1 saturated heterocycles. The molecule has 1 aliphatic rings. The van der Waals surface area contributed by atoms with Crippen molar-refractivity contribution >= 4 is 10.0 Å². The van der Waals surface area contributed by atoms with E-state index in [0.717, 1.165) is 24.8 Å². The highest BCUT2D eigenvalue weighted by Gasteiger charge is 2.29. The van der Waals surface area contributed by atoms with Crippen LogP contribution in [0.4, 0.5) is 0 Å². The number of piperidine rings is 1. The molecule has 4 nitrogen and oxygen atoms in total. The van der Waals surface area contributed by atoms with Gasteiger partial charge in [0.2, 0.25) is 10.0 Å². The summed E-state index contributed by atoms with van der Waals surface area (Å²) >= 11 is 0. The first kappa shape index (κ1) is 15.3. The topological polar surface area (TPSA) is 46.6 Å². The van der Waals surface area contributed by atoms with Crippen molar-refractivity contribution < 1.29 is 13.2 Å². The number of hydrogen-bond donors (Lipinski definition) is 0. The molecule has 1 aromatic rings. The van der Waals surface area contributed by atoms with E-state index in [-0.39, 0.29) is 5.92 Å². The fraction of sp³-hybridized carbons (Fsp3) is 0.600. The highest BCUT2D eigenvalue weighted by atomic mass is 32.2. The predicted octanol–water partition coefficient (Wildman–Crippen LogP) is 2.99. The van der Waals surface area contributed by atoms with Gasteiger partial charge in [-0.2, -0.15) is 4.31 Å². The molecule has 0 atom stereocenters. The van der Waals surface area contributed by atoms with E-state index >= 15 is 0 Å². The molecule has 0 radical (unpaired) electrons. The summed E-state index contributed by atoms with van der Waals surface area (Å²) in [5.41, 5.74) is 1.02. The van der Waals surface area contributed by atoms with E-state index in [1.54, 1.807) is 16.4 Å². The molecular weight excluding hydrogens is 274 g/mol. The van der Waals surface area contributed by atoms with Gasteiger partial charge in [0.25, 0.3) is 0 Å². The summed E-state index contributed by atoms with van der Waals surface area (Å²) in [6, 6.07) is 5.44. The van der Waals surface area contributed by atoms with Crippen LogP contribution in [0.25, 0.3) is 0 Å². The molecule has 0 aromatic heterocycles. The molecule has 1 heterocycles. The van der Waals surface area contributed by atoms with E-state index < -0.39 is 10.0 Å². The fourth-order valence-corrected chi connectivity index (χ4v) is 4.21. The van der Waals surface area contributed by atoms with Crippen LogP contribution in [0.15, 0.2) is 23.1 Å². The minimum Gasteiger partial charge on any atom is -0.495 e. The smallest absolute Gasteiger partial charge is 0.246 e. The molecule has 0 amide bonds. The Kier molecular flexibility index (Phi) is 4.70. The lowest BCUT2D eigenvalue weighted by Crippen LogP contribution is -2.35. The van der Waals surface area contributed by atoms with Gasteiger partial charge >= 0.3 is 0 Å².